The summed E-state index contributed by atoms with van der Waals surface area (Å²) in [7, 11) is 1.66. The number of rotatable bonds is 3. The third kappa shape index (κ3) is 2.20. The van der Waals surface area contributed by atoms with Gasteiger partial charge in [-0.05, 0) is 24.6 Å². The molecule has 0 fully saturated rings. The highest BCUT2D eigenvalue weighted by Gasteiger charge is 2.09. The first-order valence-corrected chi connectivity index (χ1v) is 6.52. The van der Waals surface area contributed by atoms with Crippen LogP contribution in [0.2, 0.25) is 0 Å². The number of methoxy groups -OCH3 is 1. The molecule has 1 heterocycles. The third-order valence-electron chi connectivity index (χ3n) is 3.41. The van der Waals surface area contributed by atoms with Crippen molar-refractivity contribution in [1.82, 2.24) is 9.55 Å². The maximum absolute atomic E-state index is 6.04. The Morgan fingerprint density at radius 3 is 2.80 bits per heavy atom. The highest BCUT2D eigenvalue weighted by atomic mass is 16.5. The molecule has 4 nitrogen and oxygen atoms in total. The van der Waals surface area contributed by atoms with Gasteiger partial charge in [-0.1, -0.05) is 29.8 Å². The highest BCUT2D eigenvalue weighted by Crippen LogP contribution is 2.24. The first-order valence-electron chi connectivity index (χ1n) is 6.52. The van der Waals surface area contributed by atoms with E-state index in [-0.39, 0.29) is 0 Å². The molecule has 0 spiro atoms. The molecule has 0 saturated heterocycles. The van der Waals surface area contributed by atoms with Crippen LogP contribution in [-0.2, 0) is 6.54 Å². The van der Waals surface area contributed by atoms with Gasteiger partial charge < -0.3 is 15.0 Å². The van der Waals surface area contributed by atoms with Crippen molar-refractivity contribution >= 4 is 17.0 Å². The molecule has 0 radical (unpaired) electrons. The molecule has 2 aromatic carbocycles. The lowest BCUT2D eigenvalue weighted by atomic mass is 10.1. The summed E-state index contributed by atoms with van der Waals surface area (Å²) in [6, 6.07) is 14.2. The molecule has 4 heteroatoms. The normalized spacial score (nSPS) is 10.9. The zero-order valence-corrected chi connectivity index (χ0v) is 11.6. The smallest absolute Gasteiger partial charge is 0.201 e. The summed E-state index contributed by atoms with van der Waals surface area (Å²) >= 11 is 0. The molecule has 0 unspecified atom stereocenters. The first kappa shape index (κ1) is 12.5. The number of fused-ring (bicyclic) bond motifs is 1. The number of hydrogen-bond donors (Lipinski definition) is 1. The minimum Gasteiger partial charge on any atom is -0.497 e. The Hall–Kier alpha value is -2.49. The fourth-order valence-corrected chi connectivity index (χ4v) is 2.41. The summed E-state index contributed by atoms with van der Waals surface area (Å²) in [4.78, 5) is 4.39. The van der Waals surface area contributed by atoms with E-state index in [0.717, 1.165) is 16.8 Å². The number of nitrogens with zero attached hydrogens (tertiary/aromatic N) is 2. The van der Waals surface area contributed by atoms with Gasteiger partial charge in [0.1, 0.15) is 5.75 Å². The summed E-state index contributed by atoms with van der Waals surface area (Å²) in [5.41, 5.74) is 10.4. The maximum atomic E-state index is 6.04. The Balaban J connectivity index is 2.08. The van der Waals surface area contributed by atoms with Crippen molar-refractivity contribution in [3.05, 3.63) is 53.6 Å². The molecule has 0 amide bonds. The van der Waals surface area contributed by atoms with Crippen molar-refractivity contribution in [3.63, 3.8) is 0 Å². The molecule has 0 atom stereocenters. The van der Waals surface area contributed by atoms with Crippen molar-refractivity contribution in [1.29, 1.82) is 0 Å². The predicted molar refractivity (Wildman–Crippen MR) is 81.0 cm³/mol. The molecule has 3 rings (SSSR count). The Morgan fingerprint density at radius 2 is 2.05 bits per heavy atom. The van der Waals surface area contributed by atoms with Gasteiger partial charge in [0.2, 0.25) is 5.95 Å². The van der Waals surface area contributed by atoms with Gasteiger partial charge in [0, 0.05) is 6.07 Å². The Kier molecular flexibility index (Phi) is 3.06. The van der Waals surface area contributed by atoms with E-state index < -0.39 is 0 Å². The van der Waals surface area contributed by atoms with Crippen LogP contribution in [0.25, 0.3) is 11.0 Å². The van der Waals surface area contributed by atoms with Gasteiger partial charge in [-0.15, -0.1) is 0 Å². The predicted octanol–water partition coefficient (Wildman–Crippen LogP) is 2.98. The quantitative estimate of drug-likeness (QED) is 0.793. The van der Waals surface area contributed by atoms with Crippen LogP contribution in [0.1, 0.15) is 11.1 Å². The van der Waals surface area contributed by atoms with Crippen molar-refractivity contribution in [2.45, 2.75) is 13.5 Å². The number of hydrogen-bond acceptors (Lipinski definition) is 3. The van der Waals surface area contributed by atoms with Gasteiger partial charge in [-0.2, -0.15) is 0 Å². The Morgan fingerprint density at radius 1 is 1.20 bits per heavy atom. The monoisotopic (exact) mass is 267 g/mol. The zero-order valence-electron chi connectivity index (χ0n) is 11.6. The number of benzene rings is 2. The Bertz CT molecular complexity index is 762. The highest BCUT2D eigenvalue weighted by molar-refractivity contribution is 5.80. The number of aromatic nitrogens is 2. The van der Waals surface area contributed by atoms with Gasteiger partial charge in [0.05, 0.1) is 24.7 Å². The zero-order chi connectivity index (χ0) is 14.1. The fourth-order valence-electron chi connectivity index (χ4n) is 2.41. The van der Waals surface area contributed by atoms with Crippen LogP contribution in [0.3, 0.4) is 0 Å². The molecule has 0 saturated carbocycles. The fraction of sp³-hybridized carbons (Fsp3) is 0.188. The summed E-state index contributed by atoms with van der Waals surface area (Å²) in [5.74, 6) is 1.33. The van der Waals surface area contributed by atoms with Crippen LogP contribution in [0, 0.1) is 6.92 Å². The van der Waals surface area contributed by atoms with E-state index in [1.165, 1.54) is 11.1 Å². The summed E-state index contributed by atoms with van der Waals surface area (Å²) in [5, 5.41) is 0. The minimum atomic E-state index is 0.523. The minimum absolute atomic E-state index is 0.523. The van der Waals surface area contributed by atoms with E-state index >= 15 is 0 Å². The lowest BCUT2D eigenvalue weighted by molar-refractivity contribution is 0.415. The summed E-state index contributed by atoms with van der Waals surface area (Å²) < 4.78 is 7.28. The third-order valence-corrected chi connectivity index (χ3v) is 3.41. The lowest BCUT2D eigenvalue weighted by Gasteiger charge is -2.08. The van der Waals surface area contributed by atoms with E-state index in [2.05, 4.69) is 36.2 Å². The van der Waals surface area contributed by atoms with Crippen molar-refractivity contribution in [2.24, 2.45) is 0 Å². The summed E-state index contributed by atoms with van der Waals surface area (Å²) in [6.45, 7) is 2.79. The molecular weight excluding hydrogens is 250 g/mol. The van der Waals surface area contributed by atoms with E-state index in [1.807, 2.05) is 22.8 Å². The van der Waals surface area contributed by atoms with Gasteiger partial charge in [0.15, 0.2) is 0 Å². The largest absolute Gasteiger partial charge is 0.497 e. The van der Waals surface area contributed by atoms with E-state index in [0.29, 0.717) is 12.5 Å². The summed E-state index contributed by atoms with van der Waals surface area (Å²) in [6.07, 6.45) is 0. The number of aryl methyl sites for hydroxylation is 1. The van der Waals surface area contributed by atoms with Crippen molar-refractivity contribution < 1.29 is 4.74 Å². The van der Waals surface area contributed by atoms with Gasteiger partial charge >= 0.3 is 0 Å². The molecule has 0 bridgehead atoms. The standard InChI is InChI=1S/C16H17N3O/c1-11-4-3-5-12(8-11)10-19-15-9-13(20-2)6-7-14(15)18-16(19)17/h3-9H,10H2,1-2H3,(H2,17,18). The van der Waals surface area contributed by atoms with Crippen molar-refractivity contribution in [2.75, 3.05) is 12.8 Å². The van der Waals surface area contributed by atoms with Gasteiger partial charge in [0.25, 0.3) is 0 Å². The van der Waals surface area contributed by atoms with Crippen LogP contribution in [0.4, 0.5) is 5.95 Å². The topological polar surface area (TPSA) is 53.1 Å². The van der Waals surface area contributed by atoms with Crippen LogP contribution in [0.15, 0.2) is 42.5 Å². The molecule has 0 aliphatic heterocycles. The Labute approximate surface area is 117 Å². The molecule has 0 aliphatic carbocycles. The lowest BCUT2D eigenvalue weighted by Crippen LogP contribution is -2.04. The molecule has 3 aromatic rings. The number of anilines is 1. The second-order valence-corrected chi connectivity index (χ2v) is 4.90. The maximum Gasteiger partial charge on any atom is 0.201 e. The molecule has 20 heavy (non-hydrogen) atoms. The molecular formula is C16H17N3O. The first-order chi connectivity index (χ1) is 9.67. The van der Waals surface area contributed by atoms with Crippen molar-refractivity contribution in [3.8, 4) is 5.75 Å². The second kappa shape index (κ2) is 4.89. The van der Waals surface area contributed by atoms with E-state index in [1.54, 1.807) is 7.11 Å². The second-order valence-electron chi connectivity index (χ2n) is 4.90. The van der Waals surface area contributed by atoms with Gasteiger partial charge in [-0.3, -0.25) is 0 Å². The number of nitrogen functional groups attached to an aromatic ring is 1. The molecule has 102 valence electrons. The average molecular weight is 267 g/mol. The number of ether oxygens (including phenoxy) is 1. The van der Waals surface area contributed by atoms with Gasteiger partial charge in [-0.25, -0.2) is 4.98 Å². The average Bonchev–Trinajstić information content (AvgIpc) is 2.74. The van der Waals surface area contributed by atoms with Crippen LogP contribution in [0.5, 0.6) is 5.75 Å². The number of nitrogens with two attached hydrogens (primary N) is 1. The van der Waals surface area contributed by atoms with E-state index in [9.17, 15) is 0 Å². The van der Waals surface area contributed by atoms with Crippen LogP contribution >= 0.6 is 0 Å². The van der Waals surface area contributed by atoms with Crippen LogP contribution < -0.4 is 10.5 Å². The molecule has 0 aliphatic rings. The van der Waals surface area contributed by atoms with Crippen LogP contribution in [-0.4, -0.2) is 16.7 Å². The molecule has 2 N–H and O–H groups in total. The van der Waals surface area contributed by atoms with E-state index in [4.69, 9.17) is 10.5 Å². The SMILES string of the molecule is COc1ccc2nc(N)n(Cc3cccc(C)c3)c2c1. The number of imidazole rings is 1. The molecule has 1 aromatic heterocycles.